The number of benzene rings is 1. The van der Waals surface area contributed by atoms with Gasteiger partial charge in [0.2, 0.25) is 0 Å². The Kier molecular flexibility index (Phi) is 4.76. The first kappa shape index (κ1) is 13.1. The van der Waals surface area contributed by atoms with E-state index < -0.39 is 0 Å². The number of hydrogen-bond donors (Lipinski definition) is 0. The van der Waals surface area contributed by atoms with E-state index in [9.17, 15) is 4.79 Å². The first-order valence-corrected chi connectivity index (χ1v) is 6.55. The van der Waals surface area contributed by atoms with Crippen LogP contribution in [-0.2, 0) is 16.1 Å². The summed E-state index contributed by atoms with van der Waals surface area (Å²) in [6.07, 6.45) is 2.82. The lowest BCUT2D eigenvalue weighted by Gasteiger charge is -2.22. The smallest absolute Gasteiger partial charge is 0.323 e. The predicted molar refractivity (Wildman–Crippen MR) is 70.8 cm³/mol. The molecular formula is C15H20NO2. The van der Waals surface area contributed by atoms with E-state index in [1.165, 1.54) is 0 Å². The molecule has 0 saturated carbocycles. The van der Waals surface area contributed by atoms with E-state index in [0.29, 0.717) is 6.61 Å². The number of carbonyl (C=O) groups is 1. The lowest BCUT2D eigenvalue weighted by molar-refractivity contribution is -0.150. The maximum absolute atomic E-state index is 12.0. The van der Waals surface area contributed by atoms with Crippen molar-refractivity contribution in [3.8, 4) is 0 Å². The highest BCUT2D eigenvalue weighted by molar-refractivity contribution is 5.76. The average molecular weight is 246 g/mol. The summed E-state index contributed by atoms with van der Waals surface area (Å²) >= 11 is 0. The molecule has 0 amide bonds. The maximum atomic E-state index is 12.0. The second-order valence-electron chi connectivity index (χ2n) is 4.64. The third kappa shape index (κ3) is 3.33. The van der Waals surface area contributed by atoms with Gasteiger partial charge >= 0.3 is 5.97 Å². The summed E-state index contributed by atoms with van der Waals surface area (Å²) in [5, 5.41) is 0. The highest BCUT2D eigenvalue weighted by Gasteiger charge is 2.31. The number of carbonyl (C=O) groups excluding carboxylic acids is 1. The molecule has 1 heterocycles. The van der Waals surface area contributed by atoms with Crippen molar-refractivity contribution in [1.29, 1.82) is 0 Å². The highest BCUT2D eigenvalue weighted by Crippen LogP contribution is 2.19. The first-order chi connectivity index (χ1) is 8.81. The molecule has 3 nitrogen and oxygen atoms in total. The third-order valence-electron chi connectivity index (χ3n) is 3.30. The summed E-state index contributed by atoms with van der Waals surface area (Å²) in [6.45, 7) is 6.08. The fraction of sp³-hybridized carbons (Fsp3) is 0.467. The van der Waals surface area contributed by atoms with Crippen LogP contribution in [-0.4, -0.2) is 30.0 Å². The Balaban J connectivity index is 1.84. The minimum absolute atomic E-state index is 0.0598. The number of likely N-dealkylation sites (tertiary alicyclic amines) is 1. The molecule has 18 heavy (non-hydrogen) atoms. The third-order valence-corrected chi connectivity index (χ3v) is 3.30. The SMILES string of the molecule is [CH2]CCN1CCCC1C(=O)OCc1ccccc1. The number of nitrogens with zero attached hydrogens (tertiary/aromatic N) is 1. The van der Waals surface area contributed by atoms with Crippen LogP contribution >= 0.6 is 0 Å². The Bertz CT molecular complexity index is 377. The Hall–Kier alpha value is -1.35. The summed E-state index contributed by atoms with van der Waals surface area (Å²) in [5.74, 6) is -0.0928. The van der Waals surface area contributed by atoms with Crippen LogP contribution in [0.2, 0.25) is 0 Å². The van der Waals surface area contributed by atoms with Gasteiger partial charge in [-0.1, -0.05) is 37.3 Å². The van der Waals surface area contributed by atoms with E-state index in [0.717, 1.165) is 37.9 Å². The molecule has 1 unspecified atom stereocenters. The topological polar surface area (TPSA) is 29.5 Å². The Morgan fingerprint density at radius 1 is 1.39 bits per heavy atom. The van der Waals surface area contributed by atoms with Crippen molar-refractivity contribution >= 4 is 5.97 Å². The quantitative estimate of drug-likeness (QED) is 0.747. The minimum atomic E-state index is -0.0928. The zero-order chi connectivity index (χ0) is 12.8. The molecule has 1 aliphatic rings. The summed E-state index contributed by atoms with van der Waals surface area (Å²) in [4.78, 5) is 14.2. The van der Waals surface area contributed by atoms with Crippen molar-refractivity contribution in [1.82, 2.24) is 4.90 Å². The van der Waals surface area contributed by atoms with Gasteiger partial charge in [0, 0.05) is 0 Å². The van der Waals surface area contributed by atoms with Crippen LogP contribution in [0.5, 0.6) is 0 Å². The molecule has 1 aromatic carbocycles. The number of rotatable bonds is 5. The van der Waals surface area contributed by atoms with Gasteiger partial charge in [-0.15, -0.1) is 0 Å². The van der Waals surface area contributed by atoms with Crippen molar-refractivity contribution in [2.45, 2.75) is 31.9 Å². The summed E-state index contributed by atoms with van der Waals surface area (Å²) < 4.78 is 5.39. The van der Waals surface area contributed by atoms with Gasteiger partial charge in [0.25, 0.3) is 0 Å². The molecule has 1 radical (unpaired) electrons. The molecule has 1 saturated heterocycles. The summed E-state index contributed by atoms with van der Waals surface area (Å²) in [5.41, 5.74) is 1.03. The molecule has 1 aliphatic heterocycles. The van der Waals surface area contributed by atoms with E-state index in [2.05, 4.69) is 11.8 Å². The van der Waals surface area contributed by atoms with Crippen LogP contribution in [0.25, 0.3) is 0 Å². The first-order valence-electron chi connectivity index (χ1n) is 6.55. The zero-order valence-electron chi connectivity index (χ0n) is 10.7. The number of hydrogen-bond acceptors (Lipinski definition) is 3. The van der Waals surface area contributed by atoms with E-state index in [-0.39, 0.29) is 12.0 Å². The van der Waals surface area contributed by atoms with E-state index >= 15 is 0 Å². The molecule has 0 bridgehead atoms. The normalized spacial score (nSPS) is 19.9. The lowest BCUT2D eigenvalue weighted by atomic mass is 10.2. The molecule has 0 N–H and O–H groups in total. The van der Waals surface area contributed by atoms with Crippen LogP contribution in [0, 0.1) is 6.92 Å². The second kappa shape index (κ2) is 6.55. The Morgan fingerprint density at radius 2 is 2.17 bits per heavy atom. The fourth-order valence-electron chi connectivity index (χ4n) is 2.39. The standard InChI is InChI=1S/C15H20NO2/c1-2-10-16-11-6-9-14(16)15(17)18-12-13-7-4-3-5-8-13/h3-5,7-8,14H,1-2,6,9-12H2. The summed E-state index contributed by atoms with van der Waals surface area (Å²) in [6, 6.07) is 9.74. The molecule has 1 fully saturated rings. The van der Waals surface area contributed by atoms with Gasteiger partial charge in [-0.3, -0.25) is 9.69 Å². The molecule has 3 heteroatoms. The van der Waals surface area contributed by atoms with E-state index in [1.807, 2.05) is 30.3 Å². The highest BCUT2D eigenvalue weighted by atomic mass is 16.5. The molecule has 97 valence electrons. The van der Waals surface area contributed by atoms with Gasteiger partial charge in [-0.2, -0.15) is 0 Å². The zero-order valence-corrected chi connectivity index (χ0v) is 10.7. The largest absolute Gasteiger partial charge is 0.460 e. The fourth-order valence-corrected chi connectivity index (χ4v) is 2.39. The molecular weight excluding hydrogens is 226 g/mol. The predicted octanol–water partition coefficient (Wildman–Crippen LogP) is 2.42. The van der Waals surface area contributed by atoms with E-state index in [1.54, 1.807) is 0 Å². The van der Waals surface area contributed by atoms with E-state index in [4.69, 9.17) is 4.74 Å². The van der Waals surface area contributed by atoms with Gasteiger partial charge in [-0.05, 0) is 37.9 Å². The summed E-state index contributed by atoms with van der Waals surface area (Å²) in [7, 11) is 0. The second-order valence-corrected chi connectivity index (χ2v) is 4.64. The van der Waals surface area contributed by atoms with Gasteiger partial charge in [0.15, 0.2) is 0 Å². The van der Waals surface area contributed by atoms with Gasteiger partial charge in [0.1, 0.15) is 12.6 Å². The van der Waals surface area contributed by atoms with Crippen molar-refractivity contribution in [2.24, 2.45) is 0 Å². The molecule has 0 spiro atoms. The monoisotopic (exact) mass is 246 g/mol. The van der Waals surface area contributed by atoms with Crippen LogP contribution in [0.15, 0.2) is 30.3 Å². The average Bonchev–Trinajstić information content (AvgIpc) is 2.86. The van der Waals surface area contributed by atoms with Crippen molar-refractivity contribution in [3.05, 3.63) is 42.8 Å². The molecule has 0 aliphatic carbocycles. The van der Waals surface area contributed by atoms with Gasteiger partial charge in [-0.25, -0.2) is 0 Å². The number of ether oxygens (including phenoxy) is 1. The number of esters is 1. The Labute approximate surface area is 109 Å². The van der Waals surface area contributed by atoms with Crippen molar-refractivity contribution in [2.75, 3.05) is 13.1 Å². The molecule has 1 atom stereocenters. The van der Waals surface area contributed by atoms with Crippen molar-refractivity contribution < 1.29 is 9.53 Å². The molecule has 1 aromatic rings. The lowest BCUT2D eigenvalue weighted by Crippen LogP contribution is -2.37. The van der Waals surface area contributed by atoms with Gasteiger partial charge < -0.3 is 4.74 Å². The Morgan fingerprint density at radius 3 is 2.89 bits per heavy atom. The molecule has 2 rings (SSSR count). The minimum Gasteiger partial charge on any atom is -0.460 e. The maximum Gasteiger partial charge on any atom is 0.323 e. The van der Waals surface area contributed by atoms with Crippen LogP contribution in [0.3, 0.4) is 0 Å². The van der Waals surface area contributed by atoms with Crippen LogP contribution < -0.4 is 0 Å². The van der Waals surface area contributed by atoms with Crippen LogP contribution in [0.4, 0.5) is 0 Å². The van der Waals surface area contributed by atoms with Gasteiger partial charge in [0.05, 0.1) is 0 Å². The van der Waals surface area contributed by atoms with Crippen molar-refractivity contribution in [3.63, 3.8) is 0 Å². The molecule has 0 aromatic heterocycles. The van der Waals surface area contributed by atoms with Crippen LogP contribution in [0.1, 0.15) is 24.8 Å².